The van der Waals surface area contributed by atoms with Gasteiger partial charge in [0.25, 0.3) is 5.97 Å². The smallest absolute Gasteiger partial charge is 0.354 e. The number of hydrogen-bond acceptors (Lipinski definition) is 12. The molecule has 3 heterocycles. The van der Waals surface area contributed by atoms with Gasteiger partial charge in [-0.1, -0.05) is 6.07 Å². The van der Waals surface area contributed by atoms with Crippen molar-refractivity contribution in [2.45, 2.75) is 32.4 Å². The quantitative estimate of drug-likeness (QED) is 0.201. The monoisotopic (exact) mass is 608 g/mol. The second kappa shape index (κ2) is 17.8. The van der Waals surface area contributed by atoms with Crippen molar-refractivity contribution in [2.75, 3.05) is 85.5 Å². The van der Waals surface area contributed by atoms with E-state index < -0.39 is 18.0 Å². The number of aliphatic hydroxyl groups excluding tert-OH is 1. The number of fused-ring (bicyclic) bond motifs is 1. The summed E-state index contributed by atoms with van der Waals surface area (Å²) >= 11 is 0. The number of nitrogens with one attached hydrogen (secondary N) is 2. The number of carbonyl (C=O) groups is 3. The summed E-state index contributed by atoms with van der Waals surface area (Å²) in [7, 11) is 0. The van der Waals surface area contributed by atoms with Gasteiger partial charge in [-0.25, -0.2) is 4.79 Å². The van der Waals surface area contributed by atoms with Gasteiger partial charge in [-0.15, -0.1) is 0 Å². The van der Waals surface area contributed by atoms with Crippen LogP contribution in [0.25, 0.3) is 10.9 Å². The molecule has 1 aromatic heterocycles. The highest BCUT2D eigenvalue weighted by Gasteiger charge is 2.21. The maximum atomic E-state index is 12.6. The van der Waals surface area contributed by atoms with E-state index in [1.165, 1.54) is 6.07 Å². The summed E-state index contributed by atoms with van der Waals surface area (Å²) < 4.78 is 21.4. The van der Waals surface area contributed by atoms with Gasteiger partial charge in [0.15, 0.2) is 0 Å². The van der Waals surface area contributed by atoms with E-state index in [-0.39, 0.29) is 43.0 Å². The number of aromatic hydroxyl groups is 1. The van der Waals surface area contributed by atoms with Crippen LogP contribution in [-0.2, 0) is 28.5 Å². The first-order valence-corrected chi connectivity index (χ1v) is 14.5. The molecule has 0 saturated carbocycles. The third kappa shape index (κ3) is 11.7. The molecular weight excluding hydrogens is 564 g/mol. The maximum absolute atomic E-state index is 12.6. The Morgan fingerprint density at radius 1 is 1.00 bits per heavy atom. The van der Waals surface area contributed by atoms with Crippen LogP contribution in [0.2, 0.25) is 0 Å². The van der Waals surface area contributed by atoms with Crippen LogP contribution in [0.1, 0.15) is 42.4 Å². The topological polar surface area (TPSA) is 183 Å². The Hall–Kier alpha value is -3.27. The number of esters is 2. The number of carboxylic acids is 1. The lowest BCUT2D eigenvalue weighted by molar-refractivity contribution is -0.145. The van der Waals surface area contributed by atoms with Crippen molar-refractivity contribution in [1.29, 1.82) is 0 Å². The molecule has 43 heavy (non-hydrogen) atoms. The van der Waals surface area contributed by atoms with Gasteiger partial charge in [-0.05, 0) is 24.6 Å². The molecule has 2 atom stereocenters. The highest BCUT2D eigenvalue weighted by Crippen LogP contribution is 2.31. The van der Waals surface area contributed by atoms with Crippen LogP contribution in [0, 0.1) is 0 Å². The summed E-state index contributed by atoms with van der Waals surface area (Å²) in [6.07, 6.45) is -0.764. The first kappa shape index (κ1) is 34.2. The molecule has 240 valence electrons. The number of nitrogens with zero attached hydrogens (tertiary/aromatic N) is 2. The first-order chi connectivity index (χ1) is 20.6. The molecule has 4 rings (SSSR count). The third-order valence-corrected chi connectivity index (χ3v) is 7.04. The molecule has 14 nitrogen and oxygen atoms in total. The summed E-state index contributed by atoms with van der Waals surface area (Å²) in [6, 6.07) is 4.46. The van der Waals surface area contributed by atoms with E-state index in [0.29, 0.717) is 62.6 Å². The number of aliphatic carboxylic acids is 1. The zero-order valence-electron chi connectivity index (χ0n) is 24.9. The molecule has 2 saturated heterocycles. The van der Waals surface area contributed by atoms with Crippen LogP contribution in [0.3, 0.4) is 0 Å². The van der Waals surface area contributed by atoms with Gasteiger partial charge in [-0.2, -0.15) is 0 Å². The van der Waals surface area contributed by atoms with Crippen LogP contribution in [0.4, 0.5) is 0 Å². The van der Waals surface area contributed by atoms with Crippen LogP contribution in [-0.4, -0.2) is 140 Å². The Bertz CT molecular complexity index is 1170. The highest BCUT2D eigenvalue weighted by atomic mass is 16.5. The standard InChI is InChI=1S/C27H40N4O8.C2H4O2/c1-19(16-25(34)38-14-8-30-4-10-36-11-5-30)28-18-24(33)20-2-3-23(32)26-21(20)17-22(29-26)27(35)39-15-9-31-6-12-37-13-7-31;1-2(3)4/h2-3,17,19,24,28-29,32-33H,4-16,18H2,1H3;1H3,(H,3,4). The number of carboxylic acid groups (broad SMARTS) is 1. The molecule has 2 aliphatic rings. The number of H-pyrrole nitrogens is 1. The summed E-state index contributed by atoms with van der Waals surface area (Å²) in [5, 5.41) is 32.3. The van der Waals surface area contributed by atoms with E-state index in [4.69, 9.17) is 28.8 Å². The fourth-order valence-electron chi connectivity index (χ4n) is 4.71. The first-order valence-electron chi connectivity index (χ1n) is 14.5. The van der Waals surface area contributed by atoms with Crippen LogP contribution in [0.15, 0.2) is 18.2 Å². The number of aromatic nitrogens is 1. The van der Waals surface area contributed by atoms with Gasteiger partial charge in [0, 0.05) is 64.2 Å². The van der Waals surface area contributed by atoms with E-state index in [1.54, 1.807) is 12.1 Å². The Kier molecular flexibility index (Phi) is 14.1. The lowest BCUT2D eigenvalue weighted by Crippen LogP contribution is -2.39. The van der Waals surface area contributed by atoms with Crippen molar-refractivity contribution in [2.24, 2.45) is 0 Å². The van der Waals surface area contributed by atoms with Crippen molar-refractivity contribution in [3.63, 3.8) is 0 Å². The molecule has 2 aliphatic heterocycles. The van der Waals surface area contributed by atoms with Crippen molar-refractivity contribution < 1.29 is 48.7 Å². The number of benzene rings is 1. The number of phenols is 1. The third-order valence-electron chi connectivity index (χ3n) is 7.04. The molecular formula is C29H44N4O10. The zero-order valence-corrected chi connectivity index (χ0v) is 24.9. The van der Waals surface area contributed by atoms with Crippen molar-refractivity contribution >= 4 is 28.8 Å². The second-order valence-electron chi connectivity index (χ2n) is 10.5. The van der Waals surface area contributed by atoms with Crippen molar-refractivity contribution in [3.8, 4) is 5.75 Å². The van der Waals surface area contributed by atoms with Crippen molar-refractivity contribution in [1.82, 2.24) is 20.1 Å². The number of aromatic amines is 1. The summed E-state index contributed by atoms with van der Waals surface area (Å²) in [6.45, 7) is 11.1. The number of morpholine rings is 2. The number of carbonyl (C=O) groups excluding carboxylic acids is 2. The average molecular weight is 609 g/mol. The number of ether oxygens (including phenoxy) is 4. The normalized spacial score (nSPS) is 17.5. The van der Waals surface area contributed by atoms with Crippen LogP contribution < -0.4 is 5.32 Å². The molecule has 0 amide bonds. The van der Waals surface area contributed by atoms with Crippen LogP contribution >= 0.6 is 0 Å². The molecule has 5 N–H and O–H groups in total. The highest BCUT2D eigenvalue weighted by molar-refractivity contribution is 5.98. The molecule has 14 heteroatoms. The minimum atomic E-state index is -0.936. The lowest BCUT2D eigenvalue weighted by Gasteiger charge is -2.26. The average Bonchev–Trinajstić information content (AvgIpc) is 3.44. The fourth-order valence-corrected chi connectivity index (χ4v) is 4.71. The predicted octanol–water partition coefficient (Wildman–Crippen LogP) is 0.730. The van der Waals surface area contributed by atoms with Gasteiger partial charge in [-0.3, -0.25) is 19.4 Å². The minimum absolute atomic E-state index is 0.0329. The summed E-state index contributed by atoms with van der Waals surface area (Å²) in [5.74, 6) is -1.69. The summed E-state index contributed by atoms with van der Waals surface area (Å²) in [4.78, 5) is 41.1. The summed E-state index contributed by atoms with van der Waals surface area (Å²) in [5.41, 5.74) is 1.09. The van der Waals surface area contributed by atoms with Gasteiger partial charge < -0.3 is 44.6 Å². The predicted molar refractivity (Wildman–Crippen MR) is 156 cm³/mol. The van der Waals surface area contributed by atoms with Gasteiger partial charge in [0.2, 0.25) is 0 Å². The SMILES string of the molecule is CC(=O)O.CC(CC(=O)OCCN1CCOCC1)NCC(O)c1ccc(O)c2[nH]c(C(=O)OCCN3CCOCC3)cc12. The molecule has 2 aromatic rings. The zero-order chi connectivity index (χ0) is 31.2. The van der Waals surface area contributed by atoms with E-state index in [0.717, 1.165) is 33.1 Å². The largest absolute Gasteiger partial charge is 0.506 e. The Balaban J connectivity index is 0.00000119. The second-order valence-corrected chi connectivity index (χ2v) is 10.5. The molecule has 0 radical (unpaired) electrons. The Labute approximate surface area is 250 Å². The van der Waals surface area contributed by atoms with E-state index in [9.17, 15) is 19.8 Å². The number of phenolic OH excluding ortho intramolecular Hbond substituents is 1. The van der Waals surface area contributed by atoms with Gasteiger partial charge in [0.1, 0.15) is 24.7 Å². The maximum Gasteiger partial charge on any atom is 0.354 e. The Morgan fingerprint density at radius 3 is 2.14 bits per heavy atom. The Morgan fingerprint density at radius 2 is 1.56 bits per heavy atom. The lowest BCUT2D eigenvalue weighted by atomic mass is 10.0. The number of hydrogen-bond donors (Lipinski definition) is 5. The molecule has 1 aromatic carbocycles. The molecule has 2 unspecified atom stereocenters. The van der Waals surface area contributed by atoms with Crippen LogP contribution in [0.5, 0.6) is 5.75 Å². The van der Waals surface area contributed by atoms with E-state index >= 15 is 0 Å². The van der Waals surface area contributed by atoms with E-state index in [2.05, 4.69) is 20.1 Å². The number of rotatable bonds is 13. The fraction of sp³-hybridized carbons (Fsp3) is 0.621. The number of aliphatic hydroxyl groups is 1. The van der Waals surface area contributed by atoms with E-state index in [1.807, 2.05) is 6.92 Å². The minimum Gasteiger partial charge on any atom is -0.506 e. The molecule has 0 spiro atoms. The van der Waals surface area contributed by atoms with Gasteiger partial charge in [0.05, 0.1) is 44.5 Å². The molecule has 2 fully saturated rings. The molecule has 0 bridgehead atoms. The van der Waals surface area contributed by atoms with Gasteiger partial charge >= 0.3 is 11.9 Å². The molecule has 0 aliphatic carbocycles. The van der Waals surface area contributed by atoms with Crippen molar-refractivity contribution in [3.05, 3.63) is 29.5 Å².